The van der Waals surface area contributed by atoms with Crippen LogP contribution in [0.1, 0.15) is 24.4 Å². The Morgan fingerprint density at radius 2 is 1.86 bits per heavy atom. The van der Waals surface area contributed by atoms with E-state index in [9.17, 15) is 22.0 Å². The lowest BCUT2D eigenvalue weighted by Gasteiger charge is -2.13. The quantitative estimate of drug-likeness (QED) is 0.254. The Hall–Kier alpha value is -3.94. The van der Waals surface area contributed by atoms with Crippen LogP contribution in [0.3, 0.4) is 0 Å². The molecule has 1 unspecified atom stereocenters. The Morgan fingerprint density at radius 3 is 2.47 bits per heavy atom. The maximum atomic E-state index is 14.0. The first-order valence-electron chi connectivity index (χ1n) is 10.1. The third-order valence-electron chi connectivity index (χ3n) is 5.29. The van der Waals surface area contributed by atoms with Crippen molar-refractivity contribution in [2.45, 2.75) is 19.0 Å². The van der Waals surface area contributed by atoms with Gasteiger partial charge in [-0.1, -0.05) is 6.92 Å². The third-order valence-corrected chi connectivity index (χ3v) is 6.09. The van der Waals surface area contributed by atoms with Crippen LogP contribution in [0.4, 0.5) is 33.5 Å². The van der Waals surface area contributed by atoms with Crippen LogP contribution in [0.5, 0.6) is 0 Å². The Balaban J connectivity index is 1.82. The highest BCUT2D eigenvalue weighted by molar-refractivity contribution is 9.10. The van der Waals surface area contributed by atoms with Gasteiger partial charge in [0.15, 0.2) is 11.6 Å². The number of anilines is 1. The fourth-order valence-corrected chi connectivity index (χ4v) is 4.46. The fourth-order valence-electron chi connectivity index (χ4n) is 3.54. The van der Waals surface area contributed by atoms with Crippen molar-refractivity contribution in [2.75, 3.05) is 5.73 Å². The normalized spacial score (nSPS) is 13.6. The Labute approximate surface area is 208 Å². The van der Waals surface area contributed by atoms with Crippen LogP contribution in [-0.4, -0.2) is 30.8 Å². The SMILES string of the molecule is CC(C(C=Nc1ccc(F)cc1F)=CN)c1c(Br)c(-c2cnc(C(F)(F)F)nc2)c2c(N)ncnn12. The van der Waals surface area contributed by atoms with Gasteiger partial charge in [0.2, 0.25) is 5.82 Å². The number of nitrogen functional groups attached to an aromatic ring is 1. The van der Waals surface area contributed by atoms with E-state index < -0.39 is 29.6 Å². The van der Waals surface area contributed by atoms with Crippen LogP contribution in [0.15, 0.2) is 58.2 Å². The van der Waals surface area contributed by atoms with E-state index in [-0.39, 0.29) is 17.1 Å². The predicted molar refractivity (Wildman–Crippen MR) is 126 cm³/mol. The molecular formula is C22H16BrF5N8. The van der Waals surface area contributed by atoms with Crippen LogP contribution in [0.25, 0.3) is 16.6 Å². The van der Waals surface area contributed by atoms with E-state index in [1.54, 1.807) is 6.92 Å². The number of alkyl halides is 3. The summed E-state index contributed by atoms with van der Waals surface area (Å²) in [5, 5.41) is 4.25. The topological polar surface area (TPSA) is 120 Å². The summed E-state index contributed by atoms with van der Waals surface area (Å²) >= 11 is 3.50. The molecule has 0 saturated heterocycles. The molecule has 1 atom stereocenters. The fraction of sp³-hybridized carbons (Fsp3) is 0.136. The number of hydrogen-bond donors (Lipinski definition) is 2. The van der Waals surface area contributed by atoms with Gasteiger partial charge in [-0.25, -0.2) is 28.2 Å². The van der Waals surface area contributed by atoms with Gasteiger partial charge >= 0.3 is 6.18 Å². The van der Waals surface area contributed by atoms with Gasteiger partial charge in [-0.2, -0.15) is 18.3 Å². The minimum Gasteiger partial charge on any atom is -0.404 e. The van der Waals surface area contributed by atoms with Crippen molar-refractivity contribution < 1.29 is 22.0 Å². The molecule has 0 aliphatic heterocycles. The molecule has 36 heavy (non-hydrogen) atoms. The smallest absolute Gasteiger partial charge is 0.404 e. The Bertz CT molecular complexity index is 1500. The van der Waals surface area contributed by atoms with E-state index in [4.69, 9.17) is 11.5 Å². The number of benzene rings is 1. The molecule has 1 aromatic carbocycles. The van der Waals surface area contributed by atoms with Crippen LogP contribution >= 0.6 is 15.9 Å². The first kappa shape index (κ1) is 25.2. The minimum absolute atomic E-state index is 0.0550. The summed E-state index contributed by atoms with van der Waals surface area (Å²) in [5.74, 6) is -3.37. The molecule has 4 N–H and O–H groups in total. The molecule has 0 aliphatic carbocycles. The molecule has 186 valence electrons. The van der Waals surface area contributed by atoms with Gasteiger partial charge in [0.05, 0.1) is 11.4 Å². The largest absolute Gasteiger partial charge is 0.451 e. The summed E-state index contributed by atoms with van der Waals surface area (Å²) in [5.41, 5.74) is 13.6. The number of aliphatic imine (C=N–C) groups is 1. The Kier molecular flexibility index (Phi) is 6.71. The summed E-state index contributed by atoms with van der Waals surface area (Å²) in [6.07, 6.45) is 1.13. The van der Waals surface area contributed by atoms with E-state index in [0.29, 0.717) is 32.9 Å². The van der Waals surface area contributed by atoms with Crippen molar-refractivity contribution in [3.63, 3.8) is 0 Å². The predicted octanol–water partition coefficient (Wildman–Crippen LogP) is 5.18. The summed E-state index contributed by atoms with van der Waals surface area (Å²) < 4.78 is 67.9. The molecule has 0 aliphatic rings. The number of aromatic nitrogens is 5. The van der Waals surface area contributed by atoms with Crippen molar-refractivity contribution >= 4 is 39.2 Å². The molecule has 8 nitrogen and oxygen atoms in total. The molecule has 0 spiro atoms. The third kappa shape index (κ3) is 4.63. The number of allylic oxidation sites excluding steroid dienone is 1. The van der Waals surface area contributed by atoms with E-state index in [1.807, 2.05) is 0 Å². The summed E-state index contributed by atoms with van der Waals surface area (Å²) in [6.45, 7) is 1.75. The molecule has 0 amide bonds. The number of fused-ring (bicyclic) bond motifs is 1. The highest BCUT2D eigenvalue weighted by Gasteiger charge is 2.35. The van der Waals surface area contributed by atoms with Gasteiger partial charge in [-0.15, -0.1) is 0 Å². The standard InChI is InChI=1S/C22H16BrF5N8/c1-10(11(5-29)6-31-15-3-2-13(24)4-14(15)25)18-17(23)16(19-20(30)34-9-35-36(18)19)12-7-32-21(33-8-12)22(26,27)28/h2-10H,29H2,1H3,(H2,30,34,35). The molecule has 4 rings (SSSR count). The highest BCUT2D eigenvalue weighted by atomic mass is 79.9. The number of halogens is 6. The maximum absolute atomic E-state index is 14.0. The minimum atomic E-state index is -4.70. The molecule has 0 fully saturated rings. The lowest BCUT2D eigenvalue weighted by Crippen LogP contribution is -2.10. The van der Waals surface area contributed by atoms with Crippen LogP contribution in [0.2, 0.25) is 0 Å². The molecule has 0 radical (unpaired) electrons. The zero-order chi connectivity index (χ0) is 26.2. The number of nitrogens with two attached hydrogens (primary N) is 2. The number of hydrogen-bond acceptors (Lipinski definition) is 7. The second-order valence-corrected chi connectivity index (χ2v) is 8.31. The monoisotopic (exact) mass is 566 g/mol. The van der Waals surface area contributed by atoms with Crippen LogP contribution in [-0.2, 0) is 6.18 Å². The lowest BCUT2D eigenvalue weighted by molar-refractivity contribution is -0.144. The zero-order valence-corrected chi connectivity index (χ0v) is 19.9. The summed E-state index contributed by atoms with van der Waals surface area (Å²) in [6, 6.07) is 2.95. The summed E-state index contributed by atoms with van der Waals surface area (Å²) in [7, 11) is 0. The first-order valence-corrected chi connectivity index (χ1v) is 10.9. The van der Waals surface area contributed by atoms with E-state index >= 15 is 0 Å². The molecule has 4 aromatic rings. The van der Waals surface area contributed by atoms with Crippen molar-refractivity contribution in [1.29, 1.82) is 0 Å². The average Bonchev–Trinajstić information content (AvgIpc) is 3.13. The summed E-state index contributed by atoms with van der Waals surface area (Å²) in [4.78, 5) is 14.9. The highest BCUT2D eigenvalue weighted by Crippen LogP contribution is 2.42. The number of rotatable bonds is 5. The molecular weight excluding hydrogens is 551 g/mol. The van der Waals surface area contributed by atoms with Gasteiger partial charge in [-0.3, -0.25) is 4.99 Å². The molecule has 14 heteroatoms. The van der Waals surface area contributed by atoms with Crippen molar-refractivity contribution in [3.8, 4) is 11.1 Å². The van der Waals surface area contributed by atoms with Gasteiger partial charge in [0.1, 0.15) is 17.7 Å². The molecule has 3 aromatic heterocycles. The Morgan fingerprint density at radius 1 is 1.17 bits per heavy atom. The van der Waals surface area contributed by atoms with Crippen molar-refractivity contribution in [1.82, 2.24) is 24.6 Å². The second-order valence-electron chi connectivity index (χ2n) is 7.52. The number of nitrogens with zero attached hydrogens (tertiary/aromatic N) is 6. The van der Waals surface area contributed by atoms with E-state index in [2.05, 4.69) is 41.0 Å². The van der Waals surface area contributed by atoms with Gasteiger partial charge in [0, 0.05) is 46.2 Å². The van der Waals surface area contributed by atoms with E-state index in [0.717, 1.165) is 18.5 Å². The van der Waals surface area contributed by atoms with Crippen LogP contribution in [0, 0.1) is 11.6 Å². The first-order chi connectivity index (χ1) is 17.0. The molecule has 0 bridgehead atoms. The second kappa shape index (κ2) is 9.60. The zero-order valence-electron chi connectivity index (χ0n) is 18.3. The lowest BCUT2D eigenvalue weighted by atomic mass is 9.98. The van der Waals surface area contributed by atoms with Gasteiger partial charge < -0.3 is 11.5 Å². The average molecular weight is 567 g/mol. The van der Waals surface area contributed by atoms with Gasteiger partial charge in [0.25, 0.3) is 0 Å². The molecule has 0 saturated carbocycles. The van der Waals surface area contributed by atoms with Crippen molar-refractivity contribution in [3.05, 3.63) is 76.3 Å². The van der Waals surface area contributed by atoms with Crippen molar-refractivity contribution in [2.24, 2.45) is 10.7 Å². The maximum Gasteiger partial charge on any atom is 0.451 e. The molecule has 3 heterocycles. The van der Waals surface area contributed by atoms with Gasteiger partial charge in [-0.05, 0) is 39.8 Å². The van der Waals surface area contributed by atoms with E-state index in [1.165, 1.54) is 29.3 Å². The van der Waals surface area contributed by atoms with Crippen LogP contribution < -0.4 is 11.5 Å².